The van der Waals surface area contributed by atoms with Crippen molar-refractivity contribution < 1.29 is 19.2 Å². The van der Waals surface area contributed by atoms with Crippen molar-refractivity contribution >= 4 is 40.5 Å². The maximum Gasteiger partial charge on any atom is 0.273 e. The summed E-state index contributed by atoms with van der Waals surface area (Å²) in [6.07, 6.45) is 0. The number of carbonyl (C=O) groups is 2. The van der Waals surface area contributed by atoms with Gasteiger partial charge >= 0.3 is 0 Å². The molecule has 0 aromatic heterocycles. The number of non-ortho nitro benzene ring substituents is 1. The molecule has 0 aliphatic heterocycles. The zero-order valence-corrected chi connectivity index (χ0v) is 16.9. The van der Waals surface area contributed by atoms with Crippen LogP contribution < -0.4 is 15.4 Å². The maximum absolute atomic E-state index is 12.5. The van der Waals surface area contributed by atoms with E-state index in [2.05, 4.69) is 10.6 Å². The molecular formula is C19H21ClN4O5. The number of likely N-dealkylation sites (N-methyl/N-ethyl adjacent to an activating group) is 1. The zero-order valence-electron chi connectivity index (χ0n) is 16.1. The second kappa shape index (κ2) is 9.85. The van der Waals surface area contributed by atoms with Gasteiger partial charge in [0.25, 0.3) is 5.69 Å². The Morgan fingerprint density at radius 1 is 1.21 bits per heavy atom. The van der Waals surface area contributed by atoms with Crippen LogP contribution >= 0.6 is 11.6 Å². The van der Waals surface area contributed by atoms with Crippen LogP contribution in [0, 0.1) is 10.1 Å². The van der Waals surface area contributed by atoms with E-state index < -0.39 is 11.0 Å². The molecule has 2 aromatic carbocycles. The summed E-state index contributed by atoms with van der Waals surface area (Å²) >= 11 is 5.81. The first kappa shape index (κ1) is 22.1. The first-order valence-corrected chi connectivity index (χ1v) is 8.98. The normalized spacial score (nSPS) is 11.6. The molecule has 2 amide bonds. The minimum atomic E-state index is -0.647. The number of ether oxygens (including phenoxy) is 1. The first-order chi connectivity index (χ1) is 13.7. The minimum Gasteiger partial charge on any atom is -0.494 e. The summed E-state index contributed by atoms with van der Waals surface area (Å²) < 4.78 is 5.11. The molecule has 10 heteroatoms. The van der Waals surface area contributed by atoms with Gasteiger partial charge in [0, 0.05) is 16.8 Å². The molecule has 0 fully saturated rings. The van der Waals surface area contributed by atoms with Crippen molar-refractivity contribution in [2.45, 2.75) is 13.0 Å². The maximum atomic E-state index is 12.5. The van der Waals surface area contributed by atoms with Crippen LogP contribution in [0.3, 0.4) is 0 Å². The van der Waals surface area contributed by atoms with E-state index in [0.29, 0.717) is 16.4 Å². The molecule has 0 spiro atoms. The molecule has 2 aromatic rings. The lowest BCUT2D eigenvalue weighted by atomic mass is 10.2. The van der Waals surface area contributed by atoms with Gasteiger partial charge in [0.2, 0.25) is 11.8 Å². The summed E-state index contributed by atoms with van der Waals surface area (Å²) in [4.78, 5) is 36.6. The quantitative estimate of drug-likeness (QED) is 0.501. The fourth-order valence-electron chi connectivity index (χ4n) is 2.43. The van der Waals surface area contributed by atoms with Gasteiger partial charge in [0.1, 0.15) is 5.75 Å². The van der Waals surface area contributed by atoms with Crippen LogP contribution in [0.15, 0.2) is 42.5 Å². The second-order valence-corrected chi connectivity index (χ2v) is 6.71. The number of nitrogens with zero attached hydrogens (tertiary/aromatic N) is 2. The number of hydrogen-bond acceptors (Lipinski definition) is 6. The van der Waals surface area contributed by atoms with Crippen LogP contribution in [0.1, 0.15) is 6.92 Å². The van der Waals surface area contributed by atoms with E-state index in [1.807, 2.05) is 0 Å². The van der Waals surface area contributed by atoms with Gasteiger partial charge in [-0.1, -0.05) is 11.6 Å². The van der Waals surface area contributed by atoms with E-state index in [9.17, 15) is 19.7 Å². The van der Waals surface area contributed by atoms with E-state index >= 15 is 0 Å². The van der Waals surface area contributed by atoms with Gasteiger partial charge in [-0.25, -0.2) is 0 Å². The van der Waals surface area contributed by atoms with Crippen molar-refractivity contribution in [2.75, 3.05) is 31.3 Å². The van der Waals surface area contributed by atoms with Gasteiger partial charge in [0.05, 0.1) is 36.4 Å². The summed E-state index contributed by atoms with van der Waals surface area (Å²) in [6, 6.07) is 9.92. The van der Waals surface area contributed by atoms with Crippen molar-refractivity contribution in [3.8, 4) is 5.75 Å². The highest BCUT2D eigenvalue weighted by atomic mass is 35.5. The van der Waals surface area contributed by atoms with Gasteiger partial charge in [-0.05, 0) is 44.3 Å². The first-order valence-electron chi connectivity index (χ1n) is 8.60. The number of anilines is 2. The van der Waals surface area contributed by atoms with Gasteiger partial charge < -0.3 is 15.4 Å². The Morgan fingerprint density at radius 2 is 1.86 bits per heavy atom. The number of rotatable bonds is 8. The average molecular weight is 421 g/mol. The van der Waals surface area contributed by atoms with Gasteiger partial charge in [0.15, 0.2) is 0 Å². The van der Waals surface area contributed by atoms with Gasteiger partial charge in [-0.3, -0.25) is 24.6 Å². The van der Waals surface area contributed by atoms with E-state index in [0.717, 1.165) is 0 Å². The number of benzene rings is 2. The monoisotopic (exact) mass is 420 g/mol. The smallest absolute Gasteiger partial charge is 0.273 e. The lowest BCUT2D eigenvalue weighted by molar-refractivity contribution is -0.384. The Balaban J connectivity index is 1.97. The second-order valence-electron chi connectivity index (χ2n) is 6.28. The molecule has 0 aliphatic rings. The summed E-state index contributed by atoms with van der Waals surface area (Å²) in [5.41, 5.74) is 0.748. The average Bonchev–Trinajstić information content (AvgIpc) is 2.69. The Bertz CT molecular complexity index is 904. The SMILES string of the molecule is COc1cc([N+](=O)[O-])ccc1NC(=O)[C@@H](C)N(C)CC(=O)Nc1ccc(Cl)cc1. The standard InChI is InChI=1S/C19H21ClN4O5/c1-12(23(2)11-18(25)21-14-6-4-13(20)5-7-14)19(26)22-16-9-8-15(24(27)28)10-17(16)29-3/h4-10,12H,11H2,1-3H3,(H,21,25)(H,22,26)/t12-/m1/s1. The van der Waals surface area contributed by atoms with Crippen LogP contribution in [0.5, 0.6) is 5.75 Å². The Morgan fingerprint density at radius 3 is 2.45 bits per heavy atom. The number of nitrogens with one attached hydrogen (secondary N) is 2. The molecule has 0 saturated carbocycles. The largest absolute Gasteiger partial charge is 0.494 e. The molecule has 9 nitrogen and oxygen atoms in total. The van der Waals surface area contributed by atoms with Gasteiger partial charge in [-0.15, -0.1) is 0 Å². The van der Waals surface area contributed by atoms with E-state index in [-0.39, 0.29) is 29.8 Å². The third-order valence-corrected chi connectivity index (χ3v) is 4.47. The van der Waals surface area contributed by atoms with Crippen molar-refractivity contribution in [1.29, 1.82) is 0 Å². The van der Waals surface area contributed by atoms with Gasteiger partial charge in [-0.2, -0.15) is 0 Å². The van der Waals surface area contributed by atoms with Crippen molar-refractivity contribution in [2.24, 2.45) is 0 Å². The Labute approximate surface area is 172 Å². The van der Waals surface area contributed by atoms with E-state index in [4.69, 9.17) is 16.3 Å². The molecule has 0 unspecified atom stereocenters. The Hall–Kier alpha value is -3.17. The molecule has 0 bridgehead atoms. The molecular weight excluding hydrogens is 400 g/mol. The van der Waals surface area contributed by atoms with Crippen molar-refractivity contribution in [1.82, 2.24) is 4.90 Å². The van der Waals surface area contributed by atoms with E-state index in [1.54, 1.807) is 43.1 Å². The van der Waals surface area contributed by atoms with Crippen molar-refractivity contribution in [3.63, 3.8) is 0 Å². The predicted molar refractivity (Wildman–Crippen MR) is 110 cm³/mol. The molecule has 2 N–H and O–H groups in total. The zero-order chi connectivity index (χ0) is 21.6. The van der Waals surface area contributed by atoms with Crippen LogP contribution in [0.25, 0.3) is 0 Å². The summed E-state index contributed by atoms with van der Waals surface area (Å²) in [5.74, 6) is -0.510. The molecule has 1 atom stereocenters. The topological polar surface area (TPSA) is 114 Å². The highest BCUT2D eigenvalue weighted by Crippen LogP contribution is 2.29. The third-order valence-electron chi connectivity index (χ3n) is 4.22. The number of halogens is 1. The fourth-order valence-corrected chi connectivity index (χ4v) is 2.56. The molecule has 0 radical (unpaired) electrons. The predicted octanol–water partition coefficient (Wildman–Crippen LogP) is 3.15. The van der Waals surface area contributed by atoms with Crippen LogP contribution in [-0.4, -0.2) is 48.4 Å². The molecule has 154 valence electrons. The minimum absolute atomic E-state index is 0.0192. The van der Waals surface area contributed by atoms with Crippen LogP contribution in [0.4, 0.5) is 17.1 Å². The summed E-state index contributed by atoms with van der Waals surface area (Å²) in [5, 5.41) is 16.8. The summed E-state index contributed by atoms with van der Waals surface area (Å²) in [7, 11) is 2.99. The van der Waals surface area contributed by atoms with E-state index in [1.165, 1.54) is 25.3 Å². The molecule has 0 saturated heterocycles. The third kappa shape index (κ3) is 6.16. The number of amides is 2. The van der Waals surface area contributed by atoms with Crippen molar-refractivity contribution in [3.05, 3.63) is 57.6 Å². The summed E-state index contributed by atoms with van der Waals surface area (Å²) in [6.45, 7) is 1.62. The number of hydrogen-bond donors (Lipinski definition) is 2. The molecule has 0 heterocycles. The molecule has 2 rings (SSSR count). The Kier molecular flexibility index (Phi) is 7.52. The fraction of sp³-hybridized carbons (Fsp3) is 0.263. The lowest BCUT2D eigenvalue weighted by Gasteiger charge is -2.23. The molecule has 29 heavy (non-hydrogen) atoms. The number of methoxy groups -OCH3 is 1. The lowest BCUT2D eigenvalue weighted by Crippen LogP contribution is -2.43. The highest BCUT2D eigenvalue weighted by Gasteiger charge is 2.22. The van der Waals surface area contributed by atoms with Crippen LogP contribution in [0.2, 0.25) is 5.02 Å². The number of nitro groups is 1. The molecule has 0 aliphatic carbocycles. The number of nitro benzene ring substituents is 1. The van der Waals surface area contributed by atoms with Crippen LogP contribution in [-0.2, 0) is 9.59 Å². The highest BCUT2D eigenvalue weighted by molar-refractivity contribution is 6.30. The number of carbonyl (C=O) groups excluding carboxylic acids is 2.